The molecule has 29 heavy (non-hydrogen) atoms. The molecule has 4 heteroatoms. The van der Waals surface area contributed by atoms with Gasteiger partial charge in [-0.25, -0.2) is 14.8 Å². The Morgan fingerprint density at radius 3 is 2.34 bits per heavy atom. The van der Waals surface area contributed by atoms with Gasteiger partial charge < -0.3 is 4.74 Å². The highest BCUT2D eigenvalue weighted by atomic mass is 16.5. The molecule has 1 heterocycles. The highest BCUT2D eigenvalue weighted by Crippen LogP contribution is 2.21. The second kappa shape index (κ2) is 11.1. The fourth-order valence-corrected chi connectivity index (χ4v) is 3.17. The number of aromatic nitrogens is 2. The van der Waals surface area contributed by atoms with Gasteiger partial charge in [0.05, 0.1) is 5.56 Å². The lowest BCUT2D eigenvalue weighted by Crippen LogP contribution is -2.07. The minimum absolute atomic E-state index is 0.365. The van der Waals surface area contributed by atoms with Gasteiger partial charge in [0.15, 0.2) is 5.82 Å². The number of carbonyl (C=O) groups is 1. The number of hydrogen-bond donors (Lipinski definition) is 0. The van der Waals surface area contributed by atoms with E-state index >= 15 is 0 Å². The maximum absolute atomic E-state index is 12.2. The smallest absolute Gasteiger partial charge is 0.343 e. The average Bonchev–Trinajstić information content (AvgIpc) is 2.77. The van der Waals surface area contributed by atoms with Crippen LogP contribution in [0.3, 0.4) is 0 Å². The molecule has 0 aliphatic heterocycles. The molecule has 0 aliphatic carbocycles. The van der Waals surface area contributed by atoms with E-state index in [0.29, 0.717) is 17.1 Å². The number of esters is 1. The van der Waals surface area contributed by atoms with Crippen molar-refractivity contribution in [2.24, 2.45) is 0 Å². The third-order valence-electron chi connectivity index (χ3n) is 4.83. The van der Waals surface area contributed by atoms with Crippen molar-refractivity contribution in [2.75, 3.05) is 0 Å². The van der Waals surface area contributed by atoms with Gasteiger partial charge in [-0.05, 0) is 55.3 Å². The van der Waals surface area contributed by atoms with Crippen molar-refractivity contribution >= 4 is 5.97 Å². The molecule has 3 rings (SSSR count). The first-order valence-corrected chi connectivity index (χ1v) is 10.5. The molecule has 3 aromatic rings. The van der Waals surface area contributed by atoms with Crippen LogP contribution in [-0.4, -0.2) is 15.9 Å². The van der Waals surface area contributed by atoms with Crippen molar-refractivity contribution in [2.45, 2.75) is 51.9 Å². The number of benzene rings is 2. The summed E-state index contributed by atoms with van der Waals surface area (Å²) in [4.78, 5) is 21.2. The molecule has 0 aliphatic rings. The lowest BCUT2D eigenvalue weighted by molar-refractivity contribution is 0.0735. The molecule has 0 unspecified atom stereocenters. The summed E-state index contributed by atoms with van der Waals surface area (Å²) in [5.74, 6) is 0.843. The molecule has 0 saturated carbocycles. The number of unbranched alkanes of at least 4 members (excludes halogenated alkanes) is 5. The summed E-state index contributed by atoms with van der Waals surface area (Å²) in [6.07, 6.45) is 10.4. The summed E-state index contributed by atoms with van der Waals surface area (Å²) >= 11 is 0. The van der Waals surface area contributed by atoms with Gasteiger partial charge in [0.25, 0.3) is 0 Å². The molecule has 0 amide bonds. The first kappa shape index (κ1) is 20.7. The quantitative estimate of drug-likeness (QED) is 0.233. The van der Waals surface area contributed by atoms with E-state index in [1.54, 1.807) is 24.3 Å². The van der Waals surface area contributed by atoms with E-state index in [1.807, 2.05) is 42.6 Å². The number of ether oxygens (including phenoxy) is 1. The fraction of sp³-hybridized carbons (Fsp3) is 0.320. The Kier molecular flexibility index (Phi) is 7.93. The molecular weight excluding hydrogens is 360 g/mol. The third-order valence-corrected chi connectivity index (χ3v) is 4.83. The molecule has 4 nitrogen and oxygen atoms in total. The molecule has 0 fully saturated rings. The van der Waals surface area contributed by atoms with E-state index in [1.165, 1.54) is 32.1 Å². The van der Waals surface area contributed by atoms with Crippen LogP contribution in [0, 0.1) is 0 Å². The van der Waals surface area contributed by atoms with Gasteiger partial charge in [-0.2, -0.15) is 0 Å². The Balaban J connectivity index is 1.56. The molecule has 0 radical (unpaired) electrons. The first-order valence-electron chi connectivity index (χ1n) is 10.5. The fourth-order valence-electron chi connectivity index (χ4n) is 3.17. The number of hydrogen-bond acceptors (Lipinski definition) is 4. The maximum atomic E-state index is 12.2. The van der Waals surface area contributed by atoms with Crippen molar-refractivity contribution in [3.05, 3.63) is 78.1 Å². The molecule has 0 saturated heterocycles. The van der Waals surface area contributed by atoms with Gasteiger partial charge in [-0.1, -0.05) is 57.2 Å². The van der Waals surface area contributed by atoms with Gasteiger partial charge in [-0.3, -0.25) is 0 Å². The van der Waals surface area contributed by atoms with Crippen LogP contribution >= 0.6 is 0 Å². The molecule has 150 valence electrons. The minimum atomic E-state index is -0.365. The van der Waals surface area contributed by atoms with Crippen molar-refractivity contribution in [3.63, 3.8) is 0 Å². The van der Waals surface area contributed by atoms with Crippen LogP contribution in [0.4, 0.5) is 0 Å². The van der Waals surface area contributed by atoms with Crippen LogP contribution in [0.15, 0.2) is 66.9 Å². The standard InChI is InChI=1S/C25H28N2O2/c1-2-3-4-5-6-10-13-22-18-19-26-24(27-22)20-14-16-23(17-15-20)29-25(28)21-11-8-7-9-12-21/h7-9,11-12,14-19H,2-6,10,13H2,1H3. The summed E-state index contributed by atoms with van der Waals surface area (Å²) < 4.78 is 5.43. The van der Waals surface area contributed by atoms with Gasteiger partial charge in [-0.15, -0.1) is 0 Å². The normalized spacial score (nSPS) is 10.7. The van der Waals surface area contributed by atoms with E-state index in [2.05, 4.69) is 11.9 Å². The third kappa shape index (κ3) is 6.53. The predicted molar refractivity (Wildman–Crippen MR) is 116 cm³/mol. The summed E-state index contributed by atoms with van der Waals surface area (Å²) in [6, 6.07) is 18.3. The van der Waals surface area contributed by atoms with E-state index in [4.69, 9.17) is 9.72 Å². The van der Waals surface area contributed by atoms with Crippen molar-refractivity contribution < 1.29 is 9.53 Å². The first-order chi connectivity index (χ1) is 14.3. The second-order valence-corrected chi connectivity index (χ2v) is 7.17. The molecule has 1 aromatic heterocycles. The van der Waals surface area contributed by atoms with E-state index in [-0.39, 0.29) is 5.97 Å². The van der Waals surface area contributed by atoms with Crippen LogP contribution in [0.5, 0.6) is 5.75 Å². The van der Waals surface area contributed by atoms with Crippen LogP contribution < -0.4 is 4.74 Å². The van der Waals surface area contributed by atoms with Crippen molar-refractivity contribution in [1.29, 1.82) is 0 Å². The molecule has 2 aromatic carbocycles. The SMILES string of the molecule is CCCCCCCCc1ccnc(-c2ccc(OC(=O)c3ccccc3)cc2)n1. The summed E-state index contributed by atoms with van der Waals surface area (Å²) in [5.41, 5.74) is 2.52. The van der Waals surface area contributed by atoms with Crippen LogP contribution in [0.2, 0.25) is 0 Å². The average molecular weight is 389 g/mol. The van der Waals surface area contributed by atoms with Gasteiger partial charge >= 0.3 is 5.97 Å². The van der Waals surface area contributed by atoms with Gasteiger partial charge in [0.2, 0.25) is 0 Å². The number of rotatable bonds is 10. The maximum Gasteiger partial charge on any atom is 0.343 e. The Labute approximate surface area is 173 Å². The Morgan fingerprint density at radius 2 is 1.59 bits per heavy atom. The second-order valence-electron chi connectivity index (χ2n) is 7.17. The van der Waals surface area contributed by atoms with E-state index < -0.39 is 0 Å². The van der Waals surface area contributed by atoms with Gasteiger partial charge in [0.1, 0.15) is 5.75 Å². The molecule has 0 spiro atoms. The zero-order chi connectivity index (χ0) is 20.3. The number of carbonyl (C=O) groups excluding carboxylic acids is 1. The predicted octanol–water partition coefficient (Wildman–Crippen LogP) is 6.27. The van der Waals surface area contributed by atoms with E-state index in [9.17, 15) is 4.79 Å². The zero-order valence-corrected chi connectivity index (χ0v) is 17.0. The largest absolute Gasteiger partial charge is 0.423 e. The van der Waals surface area contributed by atoms with Crippen LogP contribution in [0.1, 0.15) is 61.5 Å². The van der Waals surface area contributed by atoms with Crippen molar-refractivity contribution in [1.82, 2.24) is 9.97 Å². The highest BCUT2D eigenvalue weighted by Gasteiger charge is 2.09. The summed E-state index contributed by atoms with van der Waals surface area (Å²) in [7, 11) is 0. The Bertz CT molecular complexity index is 892. The number of nitrogens with zero attached hydrogens (tertiary/aromatic N) is 2. The van der Waals surface area contributed by atoms with Crippen LogP contribution in [-0.2, 0) is 6.42 Å². The Morgan fingerprint density at radius 1 is 0.862 bits per heavy atom. The zero-order valence-electron chi connectivity index (χ0n) is 17.0. The summed E-state index contributed by atoms with van der Waals surface area (Å²) in [5, 5.41) is 0. The number of aryl methyl sites for hydroxylation is 1. The summed E-state index contributed by atoms with van der Waals surface area (Å²) in [6.45, 7) is 2.24. The van der Waals surface area contributed by atoms with Crippen molar-refractivity contribution in [3.8, 4) is 17.1 Å². The Hall–Kier alpha value is -3.01. The molecular formula is C25H28N2O2. The monoisotopic (exact) mass is 388 g/mol. The molecule has 0 bridgehead atoms. The highest BCUT2D eigenvalue weighted by molar-refractivity contribution is 5.91. The molecule has 0 atom stereocenters. The van der Waals surface area contributed by atoms with E-state index in [0.717, 1.165) is 24.1 Å². The van der Waals surface area contributed by atoms with Gasteiger partial charge in [0, 0.05) is 17.5 Å². The minimum Gasteiger partial charge on any atom is -0.423 e. The lowest BCUT2D eigenvalue weighted by atomic mass is 10.1. The molecule has 0 N–H and O–H groups in total. The topological polar surface area (TPSA) is 52.1 Å². The lowest BCUT2D eigenvalue weighted by Gasteiger charge is -2.07. The van der Waals surface area contributed by atoms with Crippen LogP contribution in [0.25, 0.3) is 11.4 Å².